The Morgan fingerprint density at radius 2 is 1.97 bits per heavy atom. The molecule has 0 spiro atoms. The molecule has 0 bridgehead atoms. The van der Waals surface area contributed by atoms with Crippen molar-refractivity contribution in [3.8, 4) is 0 Å². The lowest BCUT2D eigenvalue weighted by atomic mass is 10.0. The van der Waals surface area contributed by atoms with E-state index < -0.39 is 6.10 Å². The van der Waals surface area contributed by atoms with Crippen molar-refractivity contribution >= 4 is 11.6 Å². The summed E-state index contributed by atoms with van der Waals surface area (Å²) in [5, 5.41) is 17.1. The molecule has 6 heteroatoms. The second kappa shape index (κ2) is 9.81. The summed E-state index contributed by atoms with van der Waals surface area (Å²) in [4.78, 5) is 20.9. The van der Waals surface area contributed by atoms with Crippen molar-refractivity contribution in [3.05, 3.63) is 90.0 Å². The van der Waals surface area contributed by atoms with Gasteiger partial charge in [-0.2, -0.15) is 0 Å². The molecule has 2 aromatic heterocycles. The van der Waals surface area contributed by atoms with Crippen LogP contribution in [-0.2, 0) is 11.2 Å². The highest BCUT2D eigenvalue weighted by atomic mass is 16.3. The SMILES string of the molecule is C[C@H](C(=O)Nc1ccc(C[C@@H]2CC[C@H]([C@H](O)c3cccnc3)N2)cc1)c1ccccn1. The monoisotopic (exact) mass is 416 g/mol. The lowest BCUT2D eigenvalue weighted by molar-refractivity contribution is -0.117. The summed E-state index contributed by atoms with van der Waals surface area (Å²) in [6.45, 7) is 1.86. The van der Waals surface area contributed by atoms with Crippen LogP contribution in [0.1, 0.15) is 48.6 Å². The second-order valence-electron chi connectivity index (χ2n) is 8.15. The molecule has 3 heterocycles. The Morgan fingerprint density at radius 1 is 1.13 bits per heavy atom. The molecule has 0 unspecified atom stereocenters. The first-order chi connectivity index (χ1) is 15.1. The van der Waals surface area contributed by atoms with Crippen molar-refractivity contribution in [2.75, 3.05) is 5.32 Å². The van der Waals surface area contributed by atoms with Crippen molar-refractivity contribution in [1.29, 1.82) is 0 Å². The third-order valence-electron chi connectivity index (χ3n) is 5.91. The van der Waals surface area contributed by atoms with E-state index in [4.69, 9.17) is 0 Å². The van der Waals surface area contributed by atoms with Crippen molar-refractivity contribution in [3.63, 3.8) is 0 Å². The first-order valence-corrected chi connectivity index (χ1v) is 10.7. The van der Waals surface area contributed by atoms with Crippen molar-refractivity contribution in [1.82, 2.24) is 15.3 Å². The molecule has 3 aromatic rings. The second-order valence-corrected chi connectivity index (χ2v) is 8.15. The van der Waals surface area contributed by atoms with Crippen LogP contribution in [0, 0.1) is 0 Å². The fraction of sp³-hybridized carbons (Fsp3) is 0.320. The molecular formula is C25H28N4O2. The standard InChI is InChI=1S/C25H28N4O2/c1-17(22-6-2-3-14-27-22)25(31)29-20-9-7-18(8-10-20)15-21-11-12-23(28-21)24(30)19-5-4-13-26-16-19/h2-10,13-14,16-17,21,23-24,28,30H,11-12,15H2,1H3,(H,29,31)/t17-,21-,23+,24+/m0/s1. The maximum atomic E-state index is 12.5. The molecule has 3 N–H and O–H groups in total. The van der Waals surface area contributed by atoms with Crippen molar-refractivity contribution in [2.45, 2.75) is 50.3 Å². The summed E-state index contributed by atoms with van der Waals surface area (Å²) in [5.74, 6) is -0.386. The van der Waals surface area contributed by atoms with Gasteiger partial charge in [-0.05, 0) is 62.1 Å². The number of nitrogens with one attached hydrogen (secondary N) is 2. The van der Waals surface area contributed by atoms with Gasteiger partial charge in [-0.1, -0.05) is 24.3 Å². The number of benzene rings is 1. The average molecular weight is 417 g/mol. The van der Waals surface area contributed by atoms with E-state index in [9.17, 15) is 9.90 Å². The lowest BCUT2D eigenvalue weighted by Crippen LogP contribution is -2.35. The topological polar surface area (TPSA) is 87.1 Å². The summed E-state index contributed by atoms with van der Waals surface area (Å²) >= 11 is 0. The number of nitrogens with zero attached hydrogens (tertiary/aromatic N) is 2. The van der Waals surface area contributed by atoms with Gasteiger partial charge in [0.2, 0.25) is 5.91 Å². The van der Waals surface area contributed by atoms with Gasteiger partial charge in [-0.3, -0.25) is 14.8 Å². The number of anilines is 1. The zero-order chi connectivity index (χ0) is 21.6. The number of hydrogen-bond acceptors (Lipinski definition) is 5. The van der Waals surface area contributed by atoms with E-state index in [1.54, 1.807) is 18.6 Å². The molecule has 0 saturated carbocycles. The number of pyridine rings is 2. The van der Waals surface area contributed by atoms with E-state index in [-0.39, 0.29) is 17.9 Å². The first kappa shape index (κ1) is 21.2. The molecule has 1 amide bonds. The lowest BCUT2D eigenvalue weighted by Gasteiger charge is -2.20. The van der Waals surface area contributed by atoms with Crippen LogP contribution in [0.5, 0.6) is 0 Å². The number of aliphatic hydroxyl groups is 1. The molecule has 6 nitrogen and oxygen atoms in total. The maximum Gasteiger partial charge on any atom is 0.233 e. The fourth-order valence-electron chi connectivity index (χ4n) is 4.07. The molecule has 0 radical (unpaired) electrons. The van der Waals surface area contributed by atoms with Crippen LogP contribution in [0.4, 0.5) is 5.69 Å². The van der Waals surface area contributed by atoms with Crippen LogP contribution in [0.3, 0.4) is 0 Å². The van der Waals surface area contributed by atoms with E-state index in [1.165, 1.54) is 5.56 Å². The van der Waals surface area contributed by atoms with Crippen molar-refractivity contribution in [2.24, 2.45) is 0 Å². The molecule has 1 aliphatic heterocycles. The highest BCUT2D eigenvalue weighted by Gasteiger charge is 2.30. The summed E-state index contributed by atoms with van der Waals surface area (Å²) in [6.07, 6.45) is 7.42. The van der Waals surface area contributed by atoms with Gasteiger partial charge in [-0.25, -0.2) is 0 Å². The molecule has 4 rings (SSSR count). The van der Waals surface area contributed by atoms with E-state index in [1.807, 2.05) is 61.5 Å². The van der Waals surface area contributed by atoms with Gasteiger partial charge in [0.05, 0.1) is 17.7 Å². The number of aromatic nitrogens is 2. The summed E-state index contributed by atoms with van der Waals surface area (Å²) < 4.78 is 0. The van der Waals surface area contributed by atoms with E-state index in [0.717, 1.165) is 36.2 Å². The van der Waals surface area contributed by atoms with Gasteiger partial charge in [0.1, 0.15) is 0 Å². The quantitative estimate of drug-likeness (QED) is 0.548. The predicted octanol–water partition coefficient (Wildman–Crippen LogP) is 3.62. The summed E-state index contributed by atoms with van der Waals surface area (Å²) in [6, 6.07) is 17.7. The third-order valence-corrected chi connectivity index (χ3v) is 5.91. The normalized spacial score (nSPS) is 20.2. The van der Waals surface area contributed by atoms with Gasteiger partial charge < -0.3 is 15.7 Å². The smallest absolute Gasteiger partial charge is 0.233 e. The number of carbonyl (C=O) groups is 1. The Hall–Kier alpha value is -3.09. The third kappa shape index (κ3) is 5.34. The maximum absolute atomic E-state index is 12.5. The number of amides is 1. The number of rotatable bonds is 7. The van der Waals surface area contributed by atoms with Crippen LogP contribution in [-0.4, -0.2) is 33.1 Å². The van der Waals surface area contributed by atoms with E-state index in [0.29, 0.717) is 6.04 Å². The predicted molar refractivity (Wildman–Crippen MR) is 121 cm³/mol. The van der Waals surface area contributed by atoms with Crippen molar-refractivity contribution < 1.29 is 9.90 Å². The Morgan fingerprint density at radius 3 is 2.68 bits per heavy atom. The molecule has 1 saturated heterocycles. The highest BCUT2D eigenvalue weighted by molar-refractivity contribution is 5.95. The largest absolute Gasteiger partial charge is 0.387 e. The molecule has 4 atom stereocenters. The van der Waals surface area contributed by atoms with Crippen LogP contribution < -0.4 is 10.6 Å². The molecule has 1 fully saturated rings. The van der Waals surface area contributed by atoms with Crippen LogP contribution in [0.2, 0.25) is 0 Å². The zero-order valence-electron chi connectivity index (χ0n) is 17.6. The average Bonchev–Trinajstić information content (AvgIpc) is 3.29. The molecule has 1 aliphatic rings. The molecule has 0 aliphatic carbocycles. The van der Waals surface area contributed by atoms with E-state index in [2.05, 4.69) is 20.6 Å². The number of aliphatic hydroxyl groups excluding tert-OH is 1. The van der Waals surface area contributed by atoms with Gasteiger partial charge in [0.15, 0.2) is 0 Å². The Balaban J connectivity index is 1.29. The Bertz CT molecular complexity index is 979. The number of carbonyl (C=O) groups excluding carboxylic acids is 1. The molecule has 31 heavy (non-hydrogen) atoms. The van der Waals surface area contributed by atoms with E-state index >= 15 is 0 Å². The zero-order valence-corrected chi connectivity index (χ0v) is 17.6. The van der Waals surface area contributed by atoms with Crippen LogP contribution in [0.25, 0.3) is 0 Å². The van der Waals surface area contributed by atoms with Crippen LogP contribution >= 0.6 is 0 Å². The molecular weight excluding hydrogens is 388 g/mol. The van der Waals surface area contributed by atoms with Gasteiger partial charge in [-0.15, -0.1) is 0 Å². The Labute approximate surface area is 182 Å². The van der Waals surface area contributed by atoms with Crippen LogP contribution in [0.15, 0.2) is 73.2 Å². The molecule has 160 valence electrons. The minimum atomic E-state index is -0.544. The fourth-order valence-corrected chi connectivity index (χ4v) is 4.07. The highest BCUT2D eigenvalue weighted by Crippen LogP contribution is 2.26. The summed E-state index contributed by atoms with van der Waals surface area (Å²) in [7, 11) is 0. The first-order valence-electron chi connectivity index (χ1n) is 10.7. The molecule has 1 aromatic carbocycles. The minimum Gasteiger partial charge on any atom is -0.387 e. The minimum absolute atomic E-state index is 0.0424. The van der Waals surface area contributed by atoms with Gasteiger partial charge >= 0.3 is 0 Å². The van der Waals surface area contributed by atoms with Gasteiger partial charge in [0.25, 0.3) is 0 Å². The number of hydrogen-bond donors (Lipinski definition) is 3. The summed E-state index contributed by atoms with van der Waals surface area (Å²) in [5.41, 5.74) is 3.58. The van der Waals surface area contributed by atoms with Gasteiger partial charge in [0, 0.05) is 41.9 Å². The Kier molecular flexibility index (Phi) is 6.70.